The molecule has 0 bridgehead atoms. The van der Waals surface area contributed by atoms with E-state index in [9.17, 15) is 0 Å². The molecule has 2 aliphatic heterocycles. The average Bonchev–Trinajstić information content (AvgIpc) is 2.92. The van der Waals surface area contributed by atoms with Crippen LogP contribution in [0.5, 0.6) is 0 Å². The number of rotatable bonds is 2. The largest absolute Gasteiger partial charge is 0.475 e. The molecule has 4 heteroatoms. The van der Waals surface area contributed by atoms with Crippen LogP contribution in [0.2, 0.25) is 0 Å². The number of aliphatic imine (C=N–C) groups is 2. The van der Waals surface area contributed by atoms with Gasteiger partial charge >= 0.3 is 0 Å². The van der Waals surface area contributed by atoms with Crippen LogP contribution in [0, 0.1) is 0 Å². The van der Waals surface area contributed by atoms with E-state index in [4.69, 9.17) is 9.47 Å². The molecule has 3 rings (SSSR count). The molecule has 1 aromatic carbocycles. The molecule has 0 spiro atoms. The first-order chi connectivity index (χ1) is 9.35. The molecular weight excluding hydrogens is 252 g/mol. The van der Waals surface area contributed by atoms with Crippen LogP contribution in [-0.2, 0) is 9.47 Å². The van der Waals surface area contributed by atoms with Crippen LogP contribution in [0.25, 0.3) is 0 Å². The second kappa shape index (κ2) is 4.33. The lowest BCUT2D eigenvalue weighted by Gasteiger charge is -2.07. The Balaban J connectivity index is 1.92. The van der Waals surface area contributed by atoms with Gasteiger partial charge in [-0.2, -0.15) is 0 Å². The van der Waals surface area contributed by atoms with Crippen molar-refractivity contribution < 1.29 is 9.47 Å². The van der Waals surface area contributed by atoms with Gasteiger partial charge in [0, 0.05) is 11.1 Å². The van der Waals surface area contributed by atoms with Gasteiger partial charge in [-0.3, -0.25) is 0 Å². The smallest absolute Gasteiger partial charge is 0.216 e. The molecule has 0 atom stereocenters. The van der Waals surface area contributed by atoms with Gasteiger partial charge in [0.1, 0.15) is 13.2 Å². The van der Waals surface area contributed by atoms with Crippen molar-refractivity contribution in [3.05, 3.63) is 35.4 Å². The summed E-state index contributed by atoms with van der Waals surface area (Å²) in [4.78, 5) is 9.20. The van der Waals surface area contributed by atoms with E-state index >= 15 is 0 Å². The molecule has 4 nitrogen and oxygen atoms in total. The van der Waals surface area contributed by atoms with E-state index in [0.717, 1.165) is 11.1 Å². The zero-order valence-electron chi connectivity index (χ0n) is 12.4. The zero-order valence-corrected chi connectivity index (χ0v) is 12.4. The molecule has 0 radical (unpaired) electrons. The van der Waals surface area contributed by atoms with E-state index in [1.54, 1.807) is 0 Å². The highest BCUT2D eigenvalue weighted by molar-refractivity contribution is 6.00. The van der Waals surface area contributed by atoms with Gasteiger partial charge in [-0.05, 0) is 45.9 Å². The quantitative estimate of drug-likeness (QED) is 0.831. The van der Waals surface area contributed by atoms with Crippen LogP contribution in [0.1, 0.15) is 38.8 Å². The second-order valence-corrected chi connectivity index (χ2v) is 6.62. The third kappa shape index (κ3) is 2.55. The first-order valence-electron chi connectivity index (χ1n) is 6.91. The van der Waals surface area contributed by atoms with E-state index in [1.165, 1.54) is 0 Å². The lowest BCUT2D eigenvalue weighted by Crippen LogP contribution is -2.17. The Morgan fingerprint density at radius 3 is 1.65 bits per heavy atom. The highest BCUT2D eigenvalue weighted by Crippen LogP contribution is 2.24. The minimum atomic E-state index is -0.144. The lowest BCUT2D eigenvalue weighted by molar-refractivity contribution is 0.279. The summed E-state index contributed by atoms with van der Waals surface area (Å²) in [6.07, 6.45) is 0. The molecule has 0 amide bonds. The Labute approximate surface area is 119 Å². The molecule has 0 saturated heterocycles. The van der Waals surface area contributed by atoms with Crippen LogP contribution in [0.3, 0.4) is 0 Å². The van der Waals surface area contributed by atoms with Gasteiger partial charge < -0.3 is 9.47 Å². The Hall–Kier alpha value is -1.84. The molecule has 20 heavy (non-hydrogen) atoms. The maximum atomic E-state index is 5.68. The first-order valence-corrected chi connectivity index (χ1v) is 6.91. The van der Waals surface area contributed by atoms with Crippen molar-refractivity contribution in [3.63, 3.8) is 0 Å². The van der Waals surface area contributed by atoms with E-state index in [-0.39, 0.29) is 11.1 Å². The Morgan fingerprint density at radius 1 is 0.850 bits per heavy atom. The molecule has 1 aromatic rings. The monoisotopic (exact) mass is 272 g/mol. The summed E-state index contributed by atoms with van der Waals surface area (Å²) in [6, 6.07) is 8.02. The third-order valence-electron chi connectivity index (χ3n) is 3.29. The van der Waals surface area contributed by atoms with Crippen LogP contribution < -0.4 is 0 Å². The normalized spacial score (nSPS) is 22.8. The second-order valence-electron chi connectivity index (χ2n) is 6.62. The van der Waals surface area contributed by atoms with Gasteiger partial charge in [-0.1, -0.05) is 6.07 Å². The molecule has 106 valence electrons. The van der Waals surface area contributed by atoms with Crippen molar-refractivity contribution in [1.82, 2.24) is 0 Å². The molecule has 2 heterocycles. The molecule has 0 unspecified atom stereocenters. The van der Waals surface area contributed by atoms with Crippen molar-refractivity contribution in [2.75, 3.05) is 13.2 Å². The molecule has 0 fully saturated rings. The predicted octanol–water partition coefficient (Wildman–Crippen LogP) is 2.80. The van der Waals surface area contributed by atoms with Gasteiger partial charge in [0.2, 0.25) is 11.8 Å². The van der Waals surface area contributed by atoms with E-state index in [2.05, 4.69) is 37.7 Å². The number of hydrogen-bond acceptors (Lipinski definition) is 4. The summed E-state index contributed by atoms with van der Waals surface area (Å²) in [5, 5.41) is 0. The topological polar surface area (TPSA) is 43.2 Å². The number of nitrogens with zero attached hydrogens (tertiary/aromatic N) is 2. The number of ether oxygens (including phenoxy) is 2. The van der Waals surface area contributed by atoms with Gasteiger partial charge in [-0.25, -0.2) is 9.98 Å². The first kappa shape index (κ1) is 13.2. The highest BCUT2D eigenvalue weighted by atomic mass is 16.5. The summed E-state index contributed by atoms with van der Waals surface area (Å²) < 4.78 is 11.4. The van der Waals surface area contributed by atoms with Crippen molar-refractivity contribution in [1.29, 1.82) is 0 Å². The van der Waals surface area contributed by atoms with E-state index in [1.807, 2.05) is 24.3 Å². The van der Waals surface area contributed by atoms with Crippen molar-refractivity contribution in [3.8, 4) is 0 Å². The van der Waals surface area contributed by atoms with Crippen LogP contribution >= 0.6 is 0 Å². The average molecular weight is 272 g/mol. The Kier molecular flexibility index (Phi) is 2.85. The lowest BCUT2D eigenvalue weighted by atomic mass is 10.1. The van der Waals surface area contributed by atoms with Gasteiger partial charge in [0.15, 0.2) is 0 Å². The number of benzene rings is 1. The highest BCUT2D eigenvalue weighted by Gasteiger charge is 2.29. The minimum Gasteiger partial charge on any atom is -0.475 e. The third-order valence-corrected chi connectivity index (χ3v) is 3.29. The summed E-state index contributed by atoms with van der Waals surface area (Å²) in [5.41, 5.74) is 1.66. The molecule has 0 N–H and O–H groups in total. The van der Waals surface area contributed by atoms with Crippen LogP contribution in [-0.4, -0.2) is 36.1 Å². The predicted molar refractivity (Wildman–Crippen MR) is 79.6 cm³/mol. The summed E-state index contributed by atoms with van der Waals surface area (Å²) in [5.74, 6) is 1.41. The molecule has 0 aromatic heterocycles. The summed E-state index contributed by atoms with van der Waals surface area (Å²) in [6.45, 7) is 9.51. The Bertz CT molecular complexity index is 551. The standard InChI is InChI=1S/C16H20N2O2/c1-15(2)9-19-13(17-15)11-6-5-7-12(8-11)14-18-16(3,4)10-20-14/h5-8H,9-10H2,1-4H3. The number of hydrogen-bond donors (Lipinski definition) is 0. The fourth-order valence-electron chi connectivity index (χ4n) is 2.25. The van der Waals surface area contributed by atoms with Gasteiger partial charge in [0.25, 0.3) is 0 Å². The van der Waals surface area contributed by atoms with Gasteiger partial charge in [0.05, 0.1) is 11.1 Å². The van der Waals surface area contributed by atoms with Crippen LogP contribution in [0.4, 0.5) is 0 Å². The van der Waals surface area contributed by atoms with Crippen molar-refractivity contribution in [2.24, 2.45) is 9.98 Å². The zero-order chi connectivity index (χ0) is 14.4. The van der Waals surface area contributed by atoms with E-state index in [0.29, 0.717) is 25.0 Å². The minimum absolute atomic E-state index is 0.144. The van der Waals surface area contributed by atoms with E-state index < -0.39 is 0 Å². The van der Waals surface area contributed by atoms with Crippen molar-refractivity contribution >= 4 is 11.8 Å². The maximum absolute atomic E-state index is 5.68. The summed E-state index contributed by atoms with van der Waals surface area (Å²) in [7, 11) is 0. The van der Waals surface area contributed by atoms with Crippen molar-refractivity contribution in [2.45, 2.75) is 38.8 Å². The molecule has 0 saturated carbocycles. The molecular formula is C16H20N2O2. The molecule has 2 aliphatic rings. The fraction of sp³-hybridized carbons (Fsp3) is 0.500. The van der Waals surface area contributed by atoms with Gasteiger partial charge in [-0.15, -0.1) is 0 Å². The fourth-order valence-corrected chi connectivity index (χ4v) is 2.25. The summed E-state index contributed by atoms with van der Waals surface area (Å²) >= 11 is 0. The van der Waals surface area contributed by atoms with Crippen LogP contribution in [0.15, 0.2) is 34.3 Å². The SMILES string of the molecule is CC1(C)COC(c2cccc(C3=NC(C)(C)CO3)c2)=N1. The molecule has 0 aliphatic carbocycles. The Morgan fingerprint density at radius 2 is 1.30 bits per heavy atom. The maximum Gasteiger partial charge on any atom is 0.216 e.